The van der Waals surface area contributed by atoms with E-state index in [-0.39, 0.29) is 11.9 Å². The van der Waals surface area contributed by atoms with Crippen LogP contribution in [0.3, 0.4) is 0 Å². The summed E-state index contributed by atoms with van der Waals surface area (Å²) in [6, 6.07) is 6.04. The second-order valence-corrected chi connectivity index (χ2v) is 4.47. The van der Waals surface area contributed by atoms with Crippen molar-refractivity contribution in [2.45, 2.75) is 25.8 Å². The first kappa shape index (κ1) is 12.4. The third-order valence-electron chi connectivity index (χ3n) is 3.13. The van der Waals surface area contributed by atoms with Crippen LogP contribution in [0.25, 0.3) is 0 Å². The summed E-state index contributed by atoms with van der Waals surface area (Å²) in [5.41, 5.74) is 1.47. The highest BCUT2D eigenvalue weighted by atomic mass is 16.1. The van der Waals surface area contributed by atoms with Gasteiger partial charge in [-0.1, -0.05) is 0 Å². The van der Waals surface area contributed by atoms with Gasteiger partial charge in [0, 0.05) is 37.9 Å². The largest absolute Gasteiger partial charge is 0.371 e. The molecule has 1 N–H and O–H groups in total. The smallest absolute Gasteiger partial charge is 0.217 e. The van der Waals surface area contributed by atoms with Crippen LogP contribution in [-0.4, -0.2) is 30.0 Å². The minimum absolute atomic E-state index is 0.0316. The monoisotopic (exact) mass is 244 g/mol. The Kier molecular flexibility index (Phi) is 3.78. The summed E-state index contributed by atoms with van der Waals surface area (Å²) in [6.45, 7) is 3.33. The van der Waals surface area contributed by atoms with E-state index in [1.54, 1.807) is 19.2 Å². The molecular weight excluding hydrogens is 228 g/mol. The molecule has 0 atom stereocenters. The standard InChI is InChI=1S/C13H16N4O/c1-10(18)16-11-3-6-17(7-4-11)13-2-5-15-12(8-13)9-14/h2,5,8,11H,3-4,6-7H2,1H3,(H,16,18). The Hall–Kier alpha value is -2.09. The molecule has 1 amide bonds. The second-order valence-electron chi connectivity index (χ2n) is 4.47. The molecule has 18 heavy (non-hydrogen) atoms. The van der Waals surface area contributed by atoms with Gasteiger partial charge in [0.1, 0.15) is 11.8 Å². The number of pyridine rings is 1. The van der Waals surface area contributed by atoms with E-state index in [9.17, 15) is 4.79 Å². The molecule has 0 bridgehead atoms. The van der Waals surface area contributed by atoms with Crippen LogP contribution in [-0.2, 0) is 4.79 Å². The molecule has 1 saturated heterocycles. The van der Waals surface area contributed by atoms with Crippen molar-refractivity contribution in [3.05, 3.63) is 24.0 Å². The van der Waals surface area contributed by atoms with Crippen LogP contribution < -0.4 is 10.2 Å². The molecule has 1 fully saturated rings. The van der Waals surface area contributed by atoms with Crippen molar-refractivity contribution >= 4 is 11.6 Å². The number of rotatable bonds is 2. The zero-order valence-electron chi connectivity index (χ0n) is 10.4. The minimum atomic E-state index is 0.0316. The number of aromatic nitrogens is 1. The molecule has 0 aromatic carbocycles. The Morgan fingerprint density at radius 1 is 1.56 bits per heavy atom. The molecule has 5 heteroatoms. The maximum absolute atomic E-state index is 11.0. The van der Waals surface area contributed by atoms with Gasteiger partial charge in [-0.15, -0.1) is 0 Å². The highest BCUT2D eigenvalue weighted by Gasteiger charge is 2.20. The van der Waals surface area contributed by atoms with Crippen molar-refractivity contribution in [1.29, 1.82) is 5.26 Å². The molecule has 0 aliphatic carbocycles. The number of piperidine rings is 1. The van der Waals surface area contributed by atoms with Crippen molar-refractivity contribution in [1.82, 2.24) is 10.3 Å². The number of carbonyl (C=O) groups excluding carboxylic acids is 1. The van der Waals surface area contributed by atoms with Crippen molar-refractivity contribution < 1.29 is 4.79 Å². The number of carbonyl (C=O) groups is 1. The van der Waals surface area contributed by atoms with E-state index >= 15 is 0 Å². The lowest BCUT2D eigenvalue weighted by Gasteiger charge is -2.33. The lowest BCUT2D eigenvalue weighted by molar-refractivity contribution is -0.119. The third-order valence-corrected chi connectivity index (χ3v) is 3.13. The Bertz CT molecular complexity index is 472. The van der Waals surface area contributed by atoms with E-state index in [2.05, 4.69) is 15.2 Å². The average Bonchev–Trinajstić information content (AvgIpc) is 2.39. The average molecular weight is 244 g/mol. The second kappa shape index (κ2) is 5.50. The lowest BCUT2D eigenvalue weighted by atomic mass is 10.0. The van der Waals surface area contributed by atoms with Crippen molar-refractivity contribution in [2.24, 2.45) is 0 Å². The number of hydrogen-bond acceptors (Lipinski definition) is 4. The summed E-state index contributed by atoms with van der Waals surface area (Å²) in [6.07, 6.45) is 3.53. The van der Waals surface area contributed by atoms with E-state index in [4.69, 9.17) is 5.26 Å². The van der Waals surface area contributed by atoms with E-state index in [1.807, 2.05) is 12.1 Å². The topological polar surface area (TPSA) is 69.0 Å². The van der Waals surface area contributed by atoms with Gasteiger partial charge in [0.05, 0.1) is 0 Å². The number of hydrogen-bond donors (Lipinski definition) is 1. The predicted molar refractivity (Wildman–Crippen MR) is 68.0 cm³/mol. The van der Waals surface area contributed by atoms with Crippen LogP contribution in [0.15, 0.2) is 18.3 Å². The van der Waals surface area contributed by atoms with Gasteiger partial charge in [-0.05, 0) is 25.0 Å². The van der Waals surface area contributed by atoms with Crippen LogP contribution in [0.4, 0.5) is 5.69 Å². The molecular formula is C13H16N4O. The van der Waals surface area contributed by atoms with Gasteiger partial charge in [0.2, 0.25) is 5.91 Å². The number of anilines is 1. The Morgan fingerprint density at radius 3 is 2.89 bits per heavy atom. The van der Waals surface area contributed by atoms with Crippen LogP contribution >= 0.6 is 0 Å². The molecule has 94 valence electrons. The van der Waals surface area contributed by atoms with Crippen LogP contribution in [0.1, 0.15) is 25.5 Å². The van der Waals surface area contributed by atoms with E-state index < -0.39 is 0 Å². The molecule has 0 saturated carbocycles. The van der Waals surface area contributed by atoms with E-state index in [0.717, 1.165) is 31.6 Å². The van der Waals surface area contributed by atoms with Crippen molar-refractivity contribution in [3.63, 3.8) is 0 Å². The maximum Gasteiger partial charge on any atom is 0.217 e. The van der Waals surface area contributed by atoms with Gasteiger partial charge < -0.3 is 10.2 Å². The number of nitriles is 1. The maximum atomic E-state index is 11.0. The van der Waals surface area contributed by atoms with Gasteiger partial charge in [-0.3, -0.25) is 4.79 Å². The minimum Gasteiger partial charge on any atom is -0.371 e. The van der Waals surface area contributed by atoms with Gasteiger partial charge in [-0.25, -0.2) is 4.98 Å². The fraction of sp³-hybridized carbons (Fsp3) is 0.462. The third kappa shape index (κ3) is 2.98. The molecule has 2 heterocycles. The summed E-state index contributed by atoms with van der Waals surface area (Å²) >= 11 is 0. The zero-order chi connectivity index (χ0) is 13.0. The summed E-state index contributed by atoms with van der Waals surface area (Å²) in [4.78, 5) is 17.2. The number of nitrogens with one attached hydrogen (secondary N) is 1. The van der Waals surface area contributed by atoms with E-state index in [0.29, 0.717) is 5.69 Å². The van der Waals surface area contributed by atoms with E-state index in [1.165, 1.54) is 0 Å². The normalized spacial score (nSPS) is 16.1. The Labute approximate surface area is 106 Å². The fourth-order valence-corrected chi connectivity index (χ4v) is 2.25. The van der Waals surface area contributed by atoms with Crippen LogP contribution in [0.2, 0.25) is 0 Å². The van der Waals surface area contributed by atoms with Gasteiger partial charge in [0.25, 0.3) is 0 Å². The number of amides is 1. The lowest BCUT2D eigenvalue weighted by Crippen LogP contribution is -2.44. The highest BCUT2D eigenvalue weighted by Crippen LogP contribution is 2.20. The first-order valence-corrected chi connectivity index (χ1v) is 6.07. The quantitative estimate of drug-likeness (QED) is 0.844. The predicted octanol–water partition coefficient (Wildman–Crippen LogP) is 1.06. The van der Waals surface area contributed by atoms with Crippen molar-refractivity contribution in [3.8, 4) is 6.07 Å². The summed E-state index contributed by atoms with van der Waals surface area (Å²) < 4.78 is 0. The highest BCUT2D eigenvalue weighted by molar-refractivity contribution is 5.73. The Balaban J connectivity index is 1.97. The van der Waals surface area contributed by atoms with Gasteiger partial charge in [-0.2, -0.15) is 5.26 Å². The van der Waals surface area contributed by atoms with Gasteiger partial charge >= 0.3 is 0 Å². The summed E-state index contributed by atoms with van der Waals surface area (Å²) in [7, 11) is 0. The van der Waals surface area contributed by atoms with Crippen LogP contribution in [0, 0.1) is 11.3 Å². The molecule has 5 nitrogen and oxygen atoms in total. The first-order valence-electron chi connectivity index (χ1n) is 6.07. The Morgan fingerprint density at radius 2 is 2.28 bits per heavy atom. The van der Waals surface area contributed by atoms with Crippen molar-refractivity contribution in [2.75, 3.05) is 18.0 Å². The van der Waals surface area contributed by atoms with Crippen LogP contribution in [0.5, 0.6) is 0 Å². The van der Waals surface area contributed by atoms with Gasteiger partial charge in [0.15, 0.2) is 0 Å². The molecule has 0 unspecified atom stereocenters. The molecule has 1 aliphatic heterocycles. The first-order chi connectivity index (χ1) is 8.69. The zero-order valence-corrected chi connectivity index (χ0v) is 10.4. The summed E-state index contributed by atoms with van der Waals surface area (Å²) in [5.74, 6) is 0.0316. The molecule has 0 spiro atoms. The summed E-state index contributed by atoms with van der Waals surface area (Å²) in [5, 5.41) is 11.8. The molecule has 2 rings (SSSR count). The fourth-order valence-electron chi connectivity index (χ4n) is 2.25. The number of nitrogens with zero attached hydrogens (tertiary/aromatic N) is 3. The molecule has 0 radical (unpaired) electrons. The molecule has 1 aliphatic rings. The SMILES string of the molecule is CC(=O)NC1CCN(c2ccnc(C#N)c2)CC1. The molecule has 1 aromatic rings. The molecule has 1 aromatic heterocycles.